The largest absolute Gasteiger partial charge is 0.763 e. The van der Waals surface area contributed by atoms with Crippen LogP contribution in [0, 0.1) is 0 Å². The van der Waals surface area contributed by atoms with Crippen molar-refractivity contribution in [2.75, 3.05) is 0 Å². The second kappa shape index (κ2) is 3.28. The standard InChI is InChI=1S/C5H2NO5/c6-1-2(4(8)9)3(7)5(10)11/h(H,8,9)(H,10,11)/q-1/p-1. The zero-order chi connectivity index (χ0) is 9.02. The molecule has 0 amide bonds. The highest BCUT2D eigenvalue weighted by molar-refractivity contribution is 6.48. The zero-order valence-electron chi connectivity index (χ0n) is 5.03. The predicted molar refractivity (Wildman–Crippen MR) is 29.5 cm³/mol. The molecule has 0 bridgehead atoms. The van der Waals surface area contributed by atoms with Crippen LogP contribution in [0.15, 0.2) is 5.57 Å². The van der Waals surface area contributed by atoms with E-state index in [0.717, 1.165) is 5.87 Å². The van der Waals surface area contributed by atoms with Gasteiger partial charge in [-0.05, 0) is 0 Å². The number of rotatable bonds is 3. The molecule has 0 radical (unpaired) electrons. The number of carbonyl (C=O) groups is 3. The Balaban J connectivity index is 4.85. The van der Waals surface area contributed by atoms with E-state index in [1.54, 1.807) is 0 Å². The minimum atomic E-state index is -2.08. The normalized spacial score (nSPS) is 8.00. The molecule has 0 heterocycles. The smallest absolute Gasteiger partial charge is 0.377 e. The van der Waals surface area contributed by atoms with E-state index in [1.807, 2.05) is 0 Å². The molecule has 0 atom stereocenters. The van der Waals surface area contributed by atoms with E-state index in [9.17, 15) is 19.5 Å². The van der Waals surface area contributed by atoms with Gasteiger partial charge in [0.15, 0.2) is 0 Å². The quantitative estimate of drug-likeness (QED) is 0.160. The lowest BCUT2D eigenvalue weighted by atomic mass is 10.2. The summed E-state index contributed by atoms with van der Waals surface area (Å²) in [6.07, 6.45) is 0. The minimum Gasteiger partial charge on any atom is -0.763 e. The molecule has 0 aliphatic heterocycles. The molecule has 0 aromatic rings. The van der Waals surface area contributed by atoms with Gasteiger partial charge in [0.25, 0.3) is 5.78 Å². The Hall–Kier alpha value is -1.94. The second-order valence-corrected chi connectivity index (χ2v) is 1.41. The van der Waals surface area contributed by atoms with Gasteiger partial charge in [-0.3, -0.25) is 10.7 Å². The number of carboxylic acid groups (broad SMARTS) is 2. The van der Waals surface area contributed by atoms with Crippen LogP contribution in [0.25, 0.3) is 5.41 Å². The molecule has 58 valence electrons. The van der Waals surface area contributed by atoms with Crippen LogP contribution in [0.5, 0.6) is 0 Å². The first-order valence-corrected chi connectivity index (χ1v) is 2.26. The summed E-state index contributed by atoms with van der Waals surface area (Å²) >= 11 is 0. The van der Waals surface area contributed by atoms with Crippen LogP contribution >= 0.6 is 0 Å². The van der Waals surface area contributed by atoms with Gasteiger partial charge in [0.05, 0.1) is 11.5 Å². The van der Waals surface area contributed by atoms with Crippen molar-refractivity contribution < 1.29 is 24.6 Å². The maximum absolute atomic E-state index is 10.2. The van der Waals surface area contributed by atoms with Crippen LogP contribution in [0.4, 0.5) is 0 Å². The van der Waals surface area contributed by atoms with Crippen LogP contribution in [-0.4, -0.2) is 28.7 Å². The van der Waals surface area contributed by atoms with Gasteiger partial charge in [-0.1, -0.05) is 0 Å². The average molecular weight is 155 g/mol. The number of hydrogen-bond acceptors (Lipinski definition) is 4. The summed E-state index contributed by atoms with van der Waals surface area (Å²) in [4.78, 5) is 29.8. The van der Waals surface area contributed by atoms with Crippen molar-refractivity contribution >= 4 is 23.6 Å². The number of Topliss-reactive ketones (excluding diaryl/α,β-unsaturated/α-hetero) is 1. The fraction of sp³-hybridized carbons (Fsp3) is 0. The van der Waals surface area contributed by atoms with Crippen LogP contribution in [0.2, 0.25) is 0 Å². The highest BCUT2D eigenvalue weighted by atomic mass is 16.4. The molecular weight excluding hydrogens is 154 g/mol. The van der Waals surface area contributed by atoms with E-state index in [0.29, 0.717) is 0 Å². The zero-order valence-corrected chi connectivity index (χ0v) is 5.03. The molecule has 6 nitrogen and oxygen atoms in total. The van der Waals surface area contributed by atoms with E-state index in [4.69, 9.17) is 10.5 Å². The van der Waals surface area contributed by atoms with Crippen molar-refractivity contribution in [2.24, 2.45) is 0 Å². The monoisotopic (exact) mass is 155 g/mol. The molecule has 0 aliphatic rings. The molecule has 0 saturated carbocycles. The average Bonchev–Trinajstić information content (AvgIpc) is 1.88. The van der Waals surface area contributed by atoms with Gasteiger partial charge in [0.1, 0.15) is 0 Å². The Morgan fingerprint density at radius 2 is 1.82 bits per heavy atom. The maximum atomic E-state index is 10.2. The van der Waals surface area contributed by atoms with Gasteiger partial charge in [-0.2, -0.15) is 0 Å². The SMILES string of the molecule is [N-]=C=C(C(=O)[O-])C(=O)C(=O)O. The second-order valence-electron chi connectivity index (χ2n) is 1.41. The van der Waals surface area contributed by atoms with Gasteiger partial charge in [0, 0.05) is 0 Å². The molecule has 0 unspecified atom stereocenters. The van der Waals surface area contributed by atoms with Crippen molar-refractivity contribution in [3.63, 3.8) is 0 Å². The number of aliphatic carboxylic acids is 2. The summed E-state index contributed by atoms with van der Waals surface area (Å²) in [6.45, 7) is 0. The summed E-state index contributed by atoms with van der Waals surface area (Å²) in [6, 6.07) is 0. The summed E-state index contributed by atoms with van der Waals surface area (Å²) in [7, 11) is 0. The Bertz CT molecular complexity index is 273. The molecule has 0 aromatic heterocycles. The third-order valence-corrected chi connectivity index (χ3v) is 0.737. The van der Waals surface area contributed by atoms with Crippen LogP contribution in [0.3, 0.4) is 0 Å². The Labute approximate surface area is 60.3 Å². The predicted octanol–water partition coefficient (Wildman–Crippen LogP) is -2.44. The molecule has 1 N–H and O–H groups in total. The first kappa shape index (κ1) is 9.06. The van der Waals surface area contributed by atoms with Crippen molar-refractivity contribution in [3.8, 4) is 0 Å². The lowest BCUT2D eigenvalue weighted by Crippen LogP contribution is -2.32. The molecule has 0 fully saturated rings. The summed E-state index contributed by atoms with van der Waals surface area (Å²) in [5, 5.41) is 25.7. The van der Waals surface area contributed by atoms with Gasteiger partial charge in [0.2, 0.25) is 0 Å². The number of hydrogen-bond donors (Lipinski definition) is 1. The Kier molecular flexibility index (Phi) is 2.71. The van der Waals surface area contributed by atoms with E-state index < -0.39 is 23.3 Å². The molecular formula is C5HNO5-2. The van der Waals surface area contributed by atoms with E-state index >= 15 is 0 Å². The summed E-state index contributed by atoms with van der Waals surface area (Å²) in [5.74, 6) is -4.94. The molecule has 0 saturated heterocycles. The number of ketones is 1. The number of carboxylic acids is 2. The van der Waals surface area contributed by atoms with E-state index in [1.165, 1.54) is 0 Å². The van der Waals surface area contributed by atoms with Gasteiger partial charge >= 0.3 is 5.97 Å². The third kappa shape index (κ3) is 2.04. The highest BCUT2D eigenvalue weighted by Gasteiger charge is 2.16. The van der Waals surface area contributed by atoms with Gasteiger partial charge in [-0.15, -0.1) is 0 Å². The van der Waals surface area contributed by atoms with E-state index in [2.05, 4.69) is 0 Å². The maximum Gasteiger partial charge on any atom is 0.377 e. The van der Waals surface area contributed by atoms with Crippen LogP contribution in [-0.2, 0) is 14.4 Å². The Morgan fingerprint density at radius 3 is 1.91 bits per heavy atom. The molecule has 11 heavy (non-hydrogen) atoms. The van der Waals surface area contributed by atoms with Crippen molar-refractivity contribution in [3.05, 3.63) is 11.0 Å². The fourth-order valence-corrected chi connectivity index (χ4v) is 0.296. The van der Waals surface area contributed by atoms with Crippen molar-refractivity contribution in [1.29, 1.82) is 0 Å². The van der Waals surface area contributed by atoms with E-state index in [-0.39, 0.29) is 0 Å². The first-order valence-electron chi connectivity index (χ1n) is 2.26. The van der Waals surface area contributed by atoms with Gasteiger partial charge < -0.3 is 20.4 Å². The van der Waals surface area contributed by atoms with Crippen molar-refractivity contribution in [2.45, 2.75) is 0 Å². The van der Waals surface area contributed by atoms with Gasteiger partial charge in [-0.25, -0.2) is 4.79 Å². The lowest BCUT2D eigenvalue weighted by molar-refractivity contribution is -0.298. The fourth-order valence-electron chi connectivity index (χ4n) is 0.296. The topological polar surface area (TPSA) is 117 Å². The summed E-state index contributed by atoms with van der Waals surface area (Å²) < 4.78 is 0. The van der Waals surface area contributed by atoms with Crippen molar-refractivity contribution in [1.82, 2.24) is 0 Å². The number of carbonyl (C=O) groups excluding carboxylic acids is 2. The first-order chi connectivity index (χ1) is 5.00. The summed E-state index contributed by atoms with van der Waals surface area (Å²) in [5.41, 5.74) is -1.41. The molecule has 0 aliphatic carbocycles. The third-order valence-electron chi connectivity index (χ3n) is 0.737. The van der Waals surface area contributed by atoms with Crippen LogP contribution in [0.1, 0.15) is 0 Å². The Morgan fingerprint density at radius 1 is 1.36 bits per heavy atom. The molecule has 0 spiro atoms. The molecule has 0 aromatic carbocycles. The molecule has 6 heteroatoms. The minimum absolute atomic E-state index is 0.907. The number of nitrogens with zero attached hydrogens (tertiary/aromatic N) is 1. The highest BCUT2D eigenvalue weighted by Crippen LogP contribution is 1.88. The lowest BCUT2D eigenvalue weighted by Gasteiger charge is -2.01. The molecule has 0 rings (SSSR count). The van der Waals surface area contributed by atoms with Crippen LogP contribution < -0.4 is 5.11 Å².